The van der Waals surface area contributed by atoms with Gasteiger partial charge < -0.3 is 10.5 Å². The Bertz CT molecular complexity index is 490. The molecule has 4 heteroatoms. The van der Waals surface area contributed by atoms with Crippen molar-refractivity contribution in [1.29, 1.82) is 0 Å². The van der Waals surface area contributed by atoms with Crippen LogP contribution < -0.4 is 5.73 Å². The average Bonchev–Trinajstić information content (AvgIpc) is 2.42. The van der Waals surface area contributed by atoms with Gasteiger partial charge in [-0.3, -0.25) is 4.98 Å². The van der Waals surface area contributed by atoms with E-state index in [9.17, 15) is 4.39 Å². The van der Waals surface area contributed by atoms with Gasteiger partial charge in [-0.05, 0) is 18.2 Å². The van der Waals surface area contributed by atoms with E-state index in [1.165, 1.54) is 6.07 Å². The van der Waals surface area contributed by atoms with Crippen LogP contribution in [0.25, 0.3) is 0 Å². The number of nitrogens with zero attached hydrogens (tertiary/aromatic N) is 1. The molecule has 0 spiro atoms. The van der Waals surface area contributed by atoms with Crippen LogP contribution in [-0.4, -0.2) is 11.5 Å². The number of nitrogens with two attached hydrogens (primary N) is 1. The molecule has 0 amide bonds. The first-order chi connectivity index (χ1) is 8.81. The fourth-order valence-corrected chi connectivity index (χ4v) is 1.65. The molecular formula is C14H15FN2O. The van der Waals surface area contributed by atoms with Crippen LogP contribution in [0.15, 0.2) is 48.7 Å². The maximum absolute atomic E-state index is 13.4. The van der Waals surface area contributed by atoms with E-state index in [2.05, 4.69) is 4.98 Å². The summed E-state index contributed by atoms with van der Waals surface area (Å²) in [4.78, 5) is 4.19. The van der Waals surface area contributed by atoms with Gasteiger partial charge in [-0.2, -0.15) is 0 Å². The van der Waals surface area contributed by atoms with Gasteiger partial charge in [0.05, 0.1) is 12.3 Å². The van der Waals surface area contributed by atoms with Gasteiger partial charge in [0.15, 0.2) is 0 Å². The standard InChI is InChI=1S/C14H15FN2O/c15-12-6-2-1-5-11(12)10-18-14(9-16)13-7-3-4-8-17-13/h1-8,14H,9-10,16H2. The topological polar surface area (TPSA) is 48.1 Å². The maximum atomic E-state index is 13.4. The maximum Gasteiger partial charge on any atom is 0.128 e. The molecule has 0 radical (unpaired) electrons. The minimum Gasteiger partial charge on any atom is -0.366 e. The third kappa shape index (κ3) is 3.12. The van der Waals surface area contributed by atoms with E-state index in [4.69, 9.17) is 10.5 Å². The molecule has 0 fully saturated rings. The summed E-state index contributed by atoms with van der Waals surface area (Å²) in [5, 5.41) is 0. The molecule has 0 aliphatic heterocycles. The van der Waals surface area contributed by atoms with Crippen LogP contribution in [0.4, 0.5) is 4.39 Å². The van der Waals surface area contributed by atoms with Crippen molar-refractivity contribution in [2.75, 3.05) is 6.54 Å². The third-order valence-corrected chi connectivity index (χ3v) is 2.63. The van der Waals surface area contributed by atoms with Crippen molar-refractivity contribution in [2.45, 2.75) is 12.7 Å². The molecule has 18 heavy (non-hydrogen) atoms. The summed E-state index contributed by atoms with van der Waals surface area (Å²) in [6.07, 6.45) is 1.37. The lowest BCUT2D eigenvalue weighted by atomic mass is 10.2. The molecule has 0 aliphatic carbocycles. The third-order valence-electron chi connectivity index (χ3n) is 2.63. The molecule has 3 nitrogen and oxygen atoms in total. The van der Waals surface area contributed by atoms with Gasteiger partial charge in [0.25, 0.3) is 0 Å². The smallest absolute Gasteiger partial charge is 0.128 e. The number of halogens is 1. The highest BCUT2D eigenvalue weighted by Gasteiger charge is 2.12. The van der Waals surface area contributed by atoms with Crippen molar-refractivity contribution in [3.8, 4) is 0 Å². The Hall–Kier alpha value is -1.78. The van der Waals surface area contributed by atoms with Crippen LogP contribution >= 0.6 is 0 Å². The van der Waals surface area contributed by atoms with E-state index in [-0.39, 0.29) is 18.5 Å². The van der Waals surface area contributed by atoms with Gasteiger partial charge in [0.2, 0.25) is 0 Å². The first kappa shape index (κ1) is 12.7. The van der Waals surface area contributed by atoms with E-state index in [0.717, 1.165) is 5.69 Å². The highest BCUT2D eigenvalue weighted by molar-refractivity contribution is 5.16. The number of hydrogen-bond donors (Lipinski definition) is 1. The zero-order valence-corrected chi connectivity index (χ0v) is 9.92. The van der Waals surface area contributed by atoms with E-state index in [1.54, 1.807) is 24.4 Å². The molecule has 0 saturated heterocycles. The van der Waals surface area contributed by atoms with E-state index in [0.29, 0.717) is 12.1 Å². The minimum atomic E-state index is -0.314. The SMILES string of the molecule is NCC(OCc1ccccc1F)c1ccccn1. The molecule has 1 atom stereocenters. The van der Waals surface area contributed by atoms with Crippen LogP contribution in [-0.2, 0) is 11.3 Å². The molecule has 0 saturated carbocycles. The minimum absolute atomic E-state index is 0.186. The molecule has 0 aliphatic rings. The highest BCUT2D eigenvalue weighted by Crippen LogP contribution is 2.16. The van der Waals surface area contributed by atoms with Gasteiger partial charge in [0, 0.05) is 18.3 Å². The highest BCUT2D eigenvalue weighted by atomic mass is 19.1. The summed E-state index contributed by atoms with van der Waals surface area (Å²) in [5.41, 5.74) is 6.93. The molecule has 0 bridgehead atoms. The molecular weight excluding hydrogens is 231 g/mol. The van der Waals surface area contributed by atoms with Crippen molar-refractivity contribution in [2.24, 2.45) is 5.73 Å². The van der Waals surface area contributed by atoms with Crippen molar-refractivity contribution in [3.63, 3.8) is 0 Å². The fourth-order valence-electron chi connectivity index (χ4n) is 1.65. The molecule has 2 aromatic rings. The summed E-state index contributed by atoms with van der Waals surface area (Å²) in [5.74, 6) is -0.269. The second-order valence-corrected chi connectivity index (χ2v) is 3.88. The second kappa shape index (κ2) is 6.23. The number of ether oxygens (including phenoxy) is 1. The number of hydrogen-bond acceptors (Lipinski definition) is 3. The Morgan fingerprint density at radius 3 is 2.61 bits per heavy atom. The molecule has 2 rings (SSSR count). The molecule has 94 valence electrons. The predicted molar refractivity (Wildman–Crippen MR) is 67.2 cm³/mol. The fraction of sp³-hybridized carbons (Fsp3) is 0.214. The zero-order chi connectivity index (χ0) is 12.8. The Balaban J connectivity index is 2.02. The van der Waals surface area contributed by atoms with Crippen molar-refractivity contribution in [3.05, 3.63) is 65.7 Å². The number of pyridine rings is 1. The van der Waals surface area contributed by atoms with Gasteiger partial charge in [-0.25, -0.2) is 4.39 Å². The number of rotatable bonds is 5. The van der Waals surface area contributed by atoms with Crippen LogP contribution in [0.5, 0.6) is 0 Å². The van der Waals surface area contributed by atoms with E-state index < -0.39 is 0 Å². The summed E-state index contributed by atoms with van der Waals surface area (Å²) < 4.78 is 19.0. The van der Waals surface area contributed by atoms with E-state index >= 15 is 0 Å². The van der Waals surface area contributed by atoms with Crippen molar-refractivity contribution < 1.29 is 9.13 Å². The molecule has 2 N–H and O–H groups in total. The van der Waals surface area contributed by atoms with Crippen LogP contribution in [0.3, 0.4) is 0 Å². The van der Waals surface area contributed by atoms with Crippen molar-refractivity contribution >= 4 is 0 Å². The normalized spacial score (nSPS) is 12.3. The lowest BCUT2D eigenvalue weighted by Gasteiger charge is -2.15. The summed E-state index contributed by atoms with van der Waals surface area (Å²) in [6, 6.07) is 12.1. The Labute approximate surface area is 105 Å². The Morgan fingerprint density at radius 2 is 1.94 bits per heavy atom. The van der Waals surface area contributed by atoms with Crippen LogP contribution in [0, 0.1) is 5.82 Å². The summed E-state index contributed by atoms with van der Waals surface area (Å²) in [6.45, 7) is 0.497. The van der Waals surface area contributed by atoms with Crippen molar-refractivity contribution in [1.82, 2.24) is 4.98 Å². The van der Waals surface area contributed by atoms with Gasteiger partial charge in [-0.15, -0.1) is 0 Å². The molecule has 1 aromatic carbocycles. The van der Waals surface area contributed by atoms with Gasteiger partial charge in [-0.1, -0.05) is 24.3 Å². The second-order valence-electron chi connectivity index (χ2n) is 3.88. The number of benzene rings is 1. The lowest BCUT2D eigenvalue weighted by molar-refractivity contribution is 0.0413. The monoisotopic (exact) mass is 246 g/mol. The molecule has 1 heterocycles. The molecule has 1 aromatic heterocycles. The summed E-state index contributed by atoms with van der Waals surface area (Å²) in [7, 11) is 0. The number of aromatic nitrogens is 1. The van der Waals surface area contributed by atoms with E-state index in [1.807, 2.05) is 18.2 Å². The zero-order valence-electron chi connectivity index (χ0n) is 9.92. The first-order valence-corrected chi connectivity index (χ1v) is 5.77. The largest absolute Gasteiger partial charge is 0.366 e. The quantitative estimate of drug-likeness (QED) is 0.881. The first-order valence-electron chi connectivity index (χ1n) is 5.77. The van der Waals surface area contributed by atoms with Crippen LogP contribution in [0.1, 0.15) is 17.4 Å². The Morgan fingerprint density at radius 1 is 1.17 bits per heavy atom. The average molecular weight is 246 g/mol. The summed E-state index contributed by atoms with van der Waals surface area (Å²) >= 11 is 0. The lowest BCUT2D eigenvalue weighted by Crippen LogP contribution is -2.17. The molecule has 1 unspecified atom stereocenters. The van der Waals surface area contributed by atoms with Gasteiger partial charge >= 0.3 is 0 Å². The van der Waals surface area contributed by atoms with Gasteiger partial charge in [0.1, 0.15) is 11.9 Å². The Kier molecular flexibility index (Phi) is 4.39. The van der Waals surface area contributed by atoms with Crippen LogP contribution in [0.2, 0.25) is 0 Å². The predicted octanol–water partition coefficient (Wildman–Crippen LogP) is 2.44.